The number of fused-ring (bicyclic) bond motifs is 2. The van der Waals surface area contributed by atoms with Crippen molar-refractivity contribution < 1.29 is 4.79 Å². The summed E-state index contributed by atoms with van der Waals surface area (Å²) in [6.45, 7) is 4.74. The first kappa shape index (κ1) is 17.9. The molecule has 4 rings (SSSR count). The minimum Gasteiger partial charge on any atom is -0.353 e. The molecule has 0 aliphatic rings. The number of aryl methyl sites for hydroxylation is 2. The summed E-state index contributed by atoms with van der Waals surface area (Å²) in [5, 5.41) is 8.54. The molecule has 0 aliphatic carbocycles. The van der Waals surface area contributed by atoms with E-state index in [0.29, 0.717) is 18.5 Å². The van der Waals surface area contributed by atoms with Gasteiger partial charge in [0.25, 0.3) is 5.56 Å². The van der Waals surface area contributed by atoms with E-state index < -0.39 is 0 Å². The van der Waals surface area contributed by atoms with Crippen LogP contribution in [0.5, 0.6) is 0 Å². The van der Waals surface area contributed by atoms with Gasteiger partial charge in [-0.05, 0) is 32.0 Å². The van der Waals surface area contributed by atoms with Crippen molar-refractivity contribution in [2.75, 3.05) is 6.54 Å². The first-order valence-electron chi connectivity index (χ1n) is 9.19. The van der Waals surface area contributed by atoms with Gasteiger partial charge < -0.3 is 9.88 Å². The zero-order valence-corrected chi connectivity index (χ0v) is 15.8. The van der Waals surface area contributed by atoms with E-state index in [0.717, 1.165) is 27.9 Å². The normalized spacial score (nSPS) is 11.2. The third-order valence-electron chi connectivity index (χ3n) is 4.85. The second-order valence-corrected chi connectivity index (χ2v) is 6.74. The first-order valence-corrected chi connectivity index (χ1v) is 9.19. The average Bonchev–Trinajstić information content (AvgIpc) is 3.01. The number of nitrogens with zero attached hydrogens (tertiary/aromatic N) is 4. The van der Waals surface area contributed by atoms with Crippen LogP contribution in [0.4, 0.5) is 0 Å². The summed E-state index contributed by atoms with van der Waals surface area (Å²) in [4.78, 5) is 29.5. The first-order chi connectivity index (χ1) is 13.5. The fourth-order valence-corrected chi connectivity index (χ4v) is 3.49. The molecule has 0 fully saturated rings. The van der Waals surface area contributed by atoms with Crippen LogP contribution in [0.15, 0.2) is 53.3 Å². The molecule has 28 heavy (non-hydrogen) atoms. The minimum absolute atomic E-state index is 0.103. The predicted octanol–water partition coefficient (Wildman–Crippen LogP) is 2.18. The molecule has 2 aromatic heterocycles. The average molecular weight is 375 g/mol. The molecule has 2 heterocycles. The Morgan fingerprint density at radius 1 is 1.04 bits per heavy atom. The molecule has 4 aromatic rings. The van der Waals surface area contributed by atoms with Crippen molar-refractivity contribution in [3.63, 3.8) is 0 Å². The van der Waals surface area contributed by atoms with Crippen molar-refractivity contribution in [3.05, 3.63) is 70.4 Å². The summed E-state index contributed by atoms with van der Waals surface area (Å²) in [5.74, 6) is 0.657. The van der Waals surface area contributed by atoms with E-state index >= 15 is 0 Å². The summed E-state index contributed by atoms with van der Waals surface area (Å²) in [7, 11) is 0. The number of carbonyl (C=O) groups is 1. The van der Waals surface area contributed by atoms with E-state index in [1.54, 1.807) is 6.07 Å². The number of carbonyl (C=O) groups excluding carboxylic acids is 1. The number of rotatable bonds is 5. The SMILES string of the molecule is Cc1nn(CC(=O)NCCn2c(C)nc3ccccc32)c(=O)c2ccccc12. The molecule has 1 N–H and O–H groups in total. The molecule has 0 radical (unpaired) electrons. The van der Waals surface area contributed by atoms with Crippen LogP contribution < -0.4 is 10.9 Å². The van der Waals surface area contributed by atoms with Crippen LogP contribution in [0.3, 0.4) is 0 Å². The number of aromatic nitrogens is 4. The van der Waals surface area contributed by atoms with Gasteiger partial charge in [-0.1, -0.05) is 30.3 Å². The molecule has 0 spiro atoms. The lowest BCUT2D eigenvalue weighted by Gasteiger charge is -2.10. The number of nitrogens with one attached hydrogen (secondary N) is 1. The van der Waals surface area contributed by atoms with Crippen LogP contribution in [0, 0.1) is 13.8 Å². The molecule has 0 bridgehead atoms. The number of imidazole rings is 1. The van der Waals surface area contributed by atoms with Crippen molar-refractivity contribution >= 4 is 27.7 Å². The highest BCUT2D eigenvalue weighted by atomic mass is 16.2. The standard InChI is InChI=1S/C21H21N5O2/c1-14-16-7-3-4-8-17(16)21(28)26(24-14)13-20(27)22-11-12-25-15(2)23-18-9-5-6-10-19(18)25/h3-10H,11-13H2,1-2H3,(H,22,27). The van der Waals surface area contributed by atoms with E-state index in [9.17, 15) is 9.59 Å². The highest BCUT2D eigenvalue weighted by Crippen LogP contribution is 2.15. The van der Waals surface area contributed by atoms with E-state index in [1.165, 1.54) is 4.68 Å². The van der Waals surface area contributed by atoms with Crippen LogP contribution in [-0.2, 0) is 17.9 Å². The Labute approximate surface area is 161 Å². The second-order valence-electron chi connectivity index (χ2n) is 6.74. The molecule has 142 valence electrons. The van der Waals surface area contributed by atoms with Gasteiger partial charge >= 0.3 is 0 Å². The van der Waals surface area contributed by atoms with E-state index in [2.05, 4.69) is 20.0 Å². The van der Waals surface area contributed by atoms with Gasteiger partial charge in [-0.15, -0.1) is 0 Å². The molecule has 7 nitrogen and oxygen atoms in total. The van der Waals surface area contributed by atoms with Crippen molar-refractivity contribution in [3.8, 4) is 0 Å². The van der Waals surface area contributed by atoms with Gasteiger partial charge in [-0.3, -0.25) is 9.59 Å². The Morgan fingerprint density at radius 3 is 2.57 bits per heavy atom. The van der Waals surface area contributed by atoms with Crippen molar-refractivity contribution in [2.45, 2.75) is 26.9 Å². The molecular formula is C21H21N5O2. The molecule has 0 saturated carbocycles. The summed E-state index contributed by atoms with van der Waals surface area (Å²) >= 11 is 0. The predicted molar refractivity (Wildman–Crippen MR) is 108 cm³/mol. The lowest BCUT2D eigenvalue weighted by molar-refractivity contribution is -0.121. The third-order valence-corrected chi connectivity index (χ3v) is 4.85. The fourth-order valence-electron chi connectivity index (χ4n) is 3.49. The molecule has 0 saturated heterocycles. The minimum atomic E-state index is -0.257. The third kappa shape index (κ3) is 3.26. The van der Waals surface area contributed by atoms with Crippen LogP contribution >= 0.6 is 0 Å². The molecule has 2 aromatic carbocycles. The zero-order chi connectivity index (χ0) is 19.7. The maximum absolute atomic E-state index is 12.6. The largest absolute Gasteiger partial charge is 0.353 e. The van der Waals surface area contributed by atoms with Gasteiger partial charge in [-0.25, -0.2) is 9.67 Å². The Morgan fingerprint density at radius 2 is 1.75 bits per heavy atom. The molecule has 0 aliphatic heterocycles. The number of para-hydroxylation sites is 2. The van der Waals surface area contributed by atoms with E-state index in [-0.39, 0.29) is 18.0 Å². The second kappa shape index (κ2) is 7.26. The van der Waals surface area contributed by atoms with E-state index in [1.807, 2.05) is 56.3 Å². The molecular weight excluding hydrogens is 354 g/mol. The topological polar surface area (TPSA) is 81.8 Å². The van der Waals surface area contributed by atoms with Crippen LogP contribution in [-0.4, -0.2) is 31.8 Å². The maximum Gasteiger partial charge on any atom is 0.275 e. The Kier molecular flexibility index (Phi) is 4.65. The highest BCUT2D eigenvalue weighted by molar-refractivity contribution is 5.83. The Hall–Kier alpha value is -3.48. The molecule has 0 atom stereocenters. The summed E-state index contributed by atoms with van der Waals surface area (Å²) in [6, 6.07) is 15.2. The Bertz CT molecular complexity index is 1240. The zero-order valence-electron chi connectivity index (χ0n) is 15.8. The summed E-state index contributed by atoms with van der Waals surface area (Å²) < 4.78 is 3.30. The van der Waals surface area contributed by atoms with Gasteiger partial charge in [0.2, 0.25) is 5.91 Å². The summed E-state index contributed by atoms with van der Waals surface area (Å²) in [5.41, 5.74) is 2.45. The van der Waals surface area contributed by atoms with Crippen molar-refractivity contribution in [2.24, 2.45) is 0 Å². The van der Waals surface area contributed by atoms with Gasteiger partial charge in [0, 0.05) is 18.5 Å². The summed E-state index contributed by atoms with van der Waals surface area (Å²) in [6.07, 6.45) is 0. The smallest absolute Gasteiger partial charge is 0.275 e. The molecule has 1 amide bonds. The number of benzene rings is 2. The highest BCUT2D eigenvalue weighted by Gasteiger charge is 2.11. The lowest BCUT2D eigenvalue weighted by atomic mass is 10.1. The number of hydrogen-bond acceptors (Lipinski definition) is 4. The van der Waals surface area contributed by atoms with Crippen molar-refractivity contribution in [1.29, 1.82) is 0 Å². The van der Waals surface area contributed by atoms with Crippen LogP contribution in [0.25, 0.3) is 21.8 Å². The van der Waals surface area contributed by atoms with Gasteiger partial charge in [0.05, 0.1) is 22.1 Å². The Balaban J connectivity index is 1.45. The van der Waals surface area contributed by atoms with Gasteiger partial charge in [-0.2, -0.15) is 5.10 Å². The van der Waals surface area contributed by atoms with Gasteiger partial charge in [0.15, 0.2) is 0 Å². The lowest BCUT2D eigenvalue weighted by Crippen LogP contribution is -2.35. The van der Waals surface area contributed by atoms with Crippen LogP contribution in [0.2, 0.25) is 0 Å². The quantitative estimate of drug-likeness (QED) is 0.580. The molecule has 7 heteroatoms. The molecule has 0 unspecified atom stereocenters. The van der Waals surface area contributed by atoms with Crippen LogP contribution in [0.1, 0.15) is 11.5 Å². The van der Waals surface area contributed by atoms with Gasteiger partial charge in [0.1, 0.15) is 12.4 Å². The number of amides is 1. The fraction of sp³-hybridized carbons (Fsp3) is 0.238. The maximum atomic E-state index is 12.6. The number of hydrogen-bond donors (Lipinski definition) is 1. The van der Waals surface area contributed by atoms with Crippen molar-refractivity contribution in [1.82, 2.24) is 24.6 Å². The van der Waals surface area contributed by atoms with E-state index in [4.69, 9.17) is 0 Å². The monoisotopic (exact) mass is 375 g/mol.